The number of carbonyl (C=O) groups is 1. The molecule has 0 aliphatic carbocycles. The van der Waals surface area contributed by atoms with Gasteiger partial charge in [0.1, 0.15) is 0 Å². The Labute approximate surface area is 118 Å². The van der Waals surface area contributed by atoms with E-state index in [4.69, 9.17) is 17.3 Å². The van der Waals surface area contributed by atoms with Crippen molar-refractivity contribution in [3.05, 3.63) is 34.3 Å². The monoisotopic (exact) mass is 282 g/mol. The van der Waals surface area contributed by atoms with Crippen LogP contribution < -0.4 is 5.73 Å². The minimum atomic E-state index is -0.364. The maximum atomic E-state index is 11.4. The van der Waals surface area contributed by atoms with Gasteiger partial charge in [-0.25, -0.2) is 4.79 Å². The average Bonchev–Trinajstić information content (AvgIpc) is 2.42. The van der Waals surface area contributed by atoms with Crippen molar-refractivity contribution in [1.29, 1.82) is 0 Å². The highest BCUT2D eigenvalue weighted by Crippen LogP contribution is 2.21. The van der Waals surface area contributed by atoms with Crippen LogP contribution in [-0.4, -0.2) is 37.1 Å². The van der Waals surface area contributed by atoms with Gasteiger partial charge in [0.2, 0.25) is 0 Å². The van der Waals surface area contributed by atoms with Crippen molar-refractivity contribution in [2.75, 3.05) is 20.2 Å². The van der Waals surface area contributed by atoms with Crippen molar-refractivity contribution >= 4 is 17.6 Å². The molecule has 1 saturated heterocycles. The summed E-state index contributed by atoms with van der Waals surface area (Å²) in [5, 5.41) is 0.609. The first-order valence-electron chi connectivity index (χ1n) is 6.45. The van der Waals surface area contributed by atoms with Gasteiger partial charge in [-0.3, -0.25) is 4.90 Å². The lowest BCUT2D eigenvalue weighted by molar-refractivity contribution is 0.0600. The van der Waals surface area contributed by atoms with Gasteiger partial charge < -0.3 is 10.5 Å². The van der Waals surface area contributed by atoms with Gasteiger partial charge in [-0.1, -0.05) is 17.7 Å². The maximum Gasteiger partial charge on any atom is 0.337 e. The van der Waals surface area contributed by atoms with E-state index in [-0.39, 0.29) is 5.97 Å². The van der Waals surface area contributed by atoms with E-state index in [9.17, 15) is 4.79 Å². The Balaban J connectivity index is 2.03. The van der Waals surface area contributed by atoms with Crippen LogP contribution in [0.2, 0.25) is 5.02 Å². The van der Waals surface area contributed by atoms with Crippen LogP contribution in [-0.2, 0) is 11.3 Å². The molecular weight excluding hydrogens is 264 g/mol. The van der Waals surface area contributed by atoms with Gasteiger partial charge in [0, 0.05) is 17.6 Å². The highest BCUT2D eigenvalue weighted by Gasteiger charge is 2.17. The van der Waals surface area contributed by atoms with E-state index in [1.165, 1.54) is 7.11 Å². The maximum absolute atomic E-state index is 11.4. The molecule has 1 heterocycles. The summed E-state index contributed by atoms with van der Waals surface area (Å²) in [5.41, 5.74) is 7.40. The summed E-state index contributed by atoms with van der Waals surface area (Å²) in [5.74, 6) is -0.364. The largest absolute Gasteiger partial charge is 0.465 e. The van der Waals surface area contributed by atoms with Crippen molar-refractivity contribution in [1.82, 2.24) is 4.90 Å². The summed E-state index contributed by atoms with van der Waals surface area (Å²) in [7, 11) is 1.36. The second kappa shape index (κ2) is 6.37. The number of methoxy groups -OCH3 is 1. The number of hydrogen-bond acceptors (Lipinski definition) is 4. The number of carbonyl (C=O) groups excluding carboxylic acids is 1. The van der Waals surface area contributed by atoms with E-state index in [0.29, 0.717) is 16.6 Å². The first-order chi connectivity index (χ1) is 9.10. The Morgan fingerprint density at radius 1 is 1.47 bits per heavy atom. The topological polar surface area (TPSA) is 55.6 Å². The molecule has 2 N–H and O–H groups in total. The molecule has 1 aromatic rings. The third-order valence-corrected chi connectivity index (χ3v) is 3.85. The van der Waals surface area contributed by atoms with Crippen molar-refractivity contribution in [3.63, 3.8) is 0 Å². The van der Waals surface area contributed by atoms with E-state index in [1.807, 2.05) is 6.07 Å². The lowest BCUT2D eigenvalue weighted by Crippen LogP contribution is -2.39. The van der Waals surface area contributed by atoms with Crippen LogP contribution in [0, 0.1) is 0 Å². The van der Waals surface area contributed by atoms with Gasteiger partial charge in [0.05, 0.1) is 12.7 Å². The zero-order valence-electron chi connectivity index (χ0n) is 11.1. The van der Waals surface area contributed by atoms with E-state index >= 15 is 0 Å². The number of rotatable bonds is 3. The lowest BCUT2D eigenvalue weighted by atomic mass is 10.0. The van der Waals surface area contributed by atoms with Crippen molar-refractivity contribution < 1.29 is 9.53 Å². The second-order valence-corrected chi connectivity index (χ2v) is 5.32. The van der Waals surface area contributed by atoms with Crippen LogP contribution in [0.5, 0.6) is 0 Å². The number of nitrogens with two attached hydrogens (primary N) is 1. The van der Waals surface area contributed by atoms with Gasteiger partial charge in [-0.2, -0.15) is 0 Å². The molecule has 1 aliphatic rings. The van der Waals surface area contributed by atoms with Gasteiger partial charge >= 0.3 is 5.97 Å². The lowest BCUT2D eigenvalue weighted by Gasteiger charge is -2.30. The van der Waals surface area contributed by atoms with Gasteiger partial charge in [-0.15, -0.1) is 0 Å². The Morgan fingerprint density at radius 3 is 2.74 bits per heavy atom. The predicted molar refractivity (Wildman–Crippen MR) is 75.3 cm³/mol. The number of ether oxygens (including phenoxy) is 1. The van der Waals surface area contributed by atoms with Gasteiger partial charge in [0.15, 0.2) is 0 Å². The molecule has 0 unspecified atom stereocenters. The third-order valence-electron chi connectivity index (χ3n) is 3.50. The summed E-state index contributed by atoms with van der Waals surface area (Å²) in [6.45, 7) is 2.79. The van der Waals surface area contributed by atoms with E-state index in [0.717, 1.165) is 38.0 Å². The second-order valence-electron chi connectivity index (χ2n) is 4.91. The van der Waals surface area contributed by atoms with Crippen LogP contribution in [0.25, 0.3) is 0 Å². The Hall–Kier alpha value is -1.10. The number of halogens is 1. The highest BCUT2D eigenvalue weighted by atomic mass is 35.5. The molecule has 1 aromatic carbocycles. The minimum absolute atomic E-state index is 0.327. The summed E-state index contributed by atoms with van der Waals surface area (Å²) in [4.78, 5) is 13.7. The van der Waals surface area contributed by atoms with Crippen molar-refractivity contribution in [3.8, 4) is 0 Å². The van der Waals surface area contributed by atoms with Crippen LogP contribution in [0.3, 0.4) is 0 Å². The molecular formula is C14H19ClN2O2. The average molecular weight is 283 g/mol. The smallest absolute Gasteiger partial charge is 0.337 e. The Kier molecular flexibility index (Phi) is 4.80. The Bertz CT molecular complexity index is 457. The standard InChI is InChI=1S/C14H19ClN2O2/c1-19-14(18)10-2-3-11(13(15)8-10)9-17-6-4-12(16)5-7-17/h2-3,8,12H,4-7,9,16H2,1H3. The van der Waals surface area contributed by atoms with Gasteiger partial charge in [-0.05, 0) is 43.6 Å². The predicted octanol–water partition coefficient (Wildman–Crippen LogP) is 2.05. The van der Waals surface area contributed by atoms with E-state index in [1.54, 1.807) is 12.1 Å². The molecule has 2 rings (SSSR count). The summed E-state index contributed by atoms with van der Waals surface area (Å²) < 4.78 is 4.67. The zero-order chi connectivity index (χ0) is 13.8. The normalized spacial score (nSPS) is 17.4. The molecule has 0 bridgehead atoms. The molecule has 104 valence electrons. The van der Waals surface area contributed by atoms with Crippen LogP contribution in [0.4, 0.5) is 0 Å². The zero-order valence-corrected chi connectivity index (χ0v) is 11.8. The molecule has 0 atom stereocenters. The van der Waals surface area contributed by atoms with E-state index < -0.39 is 0 Å². The summed E-state index contributed by atoms with van der Waals surface area (Å²) >= 11 is 6.22. The fraction of sp³-hybridized carbons (Fsp3) is 0.500. The molecule has 4 nitrogen and oxygen atoms in total. The summed E-state index contributed by atoms with van der Waals surface area (Å²) in [6, 6.07) is 5.64. The van der Waals surface area contributed by atoms with Gasteiger partial charge in [0.25, 0.3) is 0 Å². The first-order valence-corrected chi connectivity index (χ1v) is 6.82. The molecule has 0 amide bonds. The molecule has 0 spiro atoms. The van der Waals surface area contributed by atoms with Crippen LogP contribution >= 0.6 is 11.6 Å². The number of hydrogen-bond donors (Lipinski definition) is 1. The molecule has 0 radical (unpaired) electrons. The quantitative estimate of drug-likeness (QED) is 0.862. The number of esters is 1. The number of likely N-dealkylation sites (tertiary alicyclic amines) is 1. The summed E-state index contributed by atoms with van der Waals surface area (Å²) in [6.07, 6.45) is 2.05. The highest BCUT2D eigenvalue weighted by molar-refractivity contribution is 6.31. The Morgan fingerprint density at radius 2 is 2.16 bits per heavy atom. The number of nitrogens with zero attached hydrogens (tertiary/aromatic N) is 1. The molecule has 1 fully saturated rings. The van der Waals surface area contributed by atoms with Crippen molar-refractivity contribution in [2.45, 2.75) is 25.4 Å². The van der Waals surface area contributed by atoms with Crippen molar-refractivity contribution in [2.24, 2.45) is 5.73 Å². The molecule has 1 aliphatic heterocycles. The minimum Gasteiger partial charge on any atom is -0.465 e. The first kappa shape index (κ1) is 14.3. The van der Waals surface area contributed by atoms with E-state index in [2.05, 4.69) is 9.64 Å². The molecule has 19 heavy (non-hydrogen) atoms. The van der Waals surface area contributed by atoms with Crippen LogP contribution in [0.1, 0.15) is 28.8 Å². The molecule has 5 heteroatoms. The fourth-order valence-corrected chi connectivity index (χ4v) is 2.51. The molecule has 0 aromatic heterocycles. The number of benzene rings is 1. The SMILES string of the molecule is COC(=O)c1ccc(CN2CCC(N)CC2)c(Cl)c1. The fourth-order valence-electron chi connectivity index (χ4n) is 2.27. The van der Waals surface area contributed by atoms with Crippen LogP contribution in [0.15, 0.2) is 18.2 Å². The third kappa shape index (κ3) is 3.69. The number of piperidine rings is 1. The molecule has 0 saturated carbocycles.